The molecule has 1 saturated heterocycles. The van der Waals surface area contributed by atoms with Crippen molar-refractivity contribution >= 4 is 5.97 Å². The number of aliphatic carboxylic acids is 1. The number of ether oxygens (including phenoxy) is 1. The molecule has 4 nitrogen and oxygen atoms in total. The largest absolute Gasteiger partial charge is 0.494 e. The van der Waals surface area contributed by atoms with Crippen LogP contribution < -0.4 is 4.74 Å². The van der Waals surface area contributed by atoms with Gasteiger partial charge in [0.1, 0.15) is 17.4 Å². The molecule has 1 N–H and O–H groups in total. The maximum absolute atomic E-state index is 14.0. The molecule has 4 rings (SSSR count). The molecule has 3 aromatic carbocycles. The minimum Gasteiger partial charge on any atom is -0.494 e. The lowest BCUT2D eigenvalue weighted by molar-refractivity contribution is -0.147. The van der Waals surface area contributed by atoms with Crippen molar-refractivity contribution in [2.24, 2.45) is 5.92 Å². The SMILES string of the molecule is Cc1ccc(CC(CCCOc2ccc(CN3CC(C(=O)O)C3)cc2)c2cc(F)cc(F)c2)cc1C. The average molecular weight is 494 g/mol. The second kappa shape index (κ2) is 11.7. The normalized spacial score (nSPS) is 14.9. The van der Waals surface area contributed by atoms with Crippen molar-refractivity contribution in [1.82, 2.24) is 4.90 Å². The van der Waals surface area contributed by atoms with Crippen molar-refractivity contribution in [2.45, 2.75) is 45.6 Å². The predicted molar refractivity (Wildman–Crippen MR) is 136 cm³/mol. The summed E-state index contributed by atoms with van der Waals surface area (Å²) < 4.78 is 33.8. The number of nitrogens with zero attached hydrogens (tertiary/aromatic N) is 1. The molecule has 0 aromatic heterocycles. The minimum atomic E-state index is -0.728. The molecule has 1 atom stereocenters. The van der Waals surface area contributed by atoms with Crippen LogP contribution in [-0.2, 0) is 17.8 Å². The molecule has 36 heavy (non-hydrogen) atoms. The van der Waals surface area contributed by atoms with E-state index in [9.17, 15) is 13.6 Å². The fourth-order valence-corrected chi connectivity index (χ4v) is 4.74. The minimum absolute atomic E-state index is 0.0190. The molecule has 0 saturated carbocycles. The molecule has 0 bridgehead atoms. The highest BCUT2D eigenvalue weighted by Crippen LogP contribution is 2.28. The van der Waals surface area contributed by atoms with Crippen LogP contribution in [0.3, 0.4) is 0 Å². The summed E-state index contributed by atoms with van der Waals surface area (Å²) in [6.07, 6.45) is 2.20. The van der Waals surface area contributed by atoms with Gasteiger partial charge in [0.05, 0.1) is 12.5 Å². The van der Waals surface area contributed by atoms with Gasteiger partial charge in [-0.25, -0.2) is 8.78 Å². The lowest BCUT2D eigenvalue weighted by Gasteiger charge is -2.36. The molecule has 0 aliphatic carbocycles. The highest BCUT2D eigenvalue weighted by Gasteiger charge is 2.32. The van der Waals surface area contributed by atoms with Crippen LogP contribution in [0, 0.1) is 31.4 Å². The first-order chi connectivity index (χ1) is 17.3. The van der Waals surface area contributed by atoms with E-state index in [1.54, 1.807) is 0 Å². The second-order valence-corrected chi connectivity index (χ2v) is 9.89. The number of likely N-dealkylation sites (tertiary alicyclic amines) is 1. The molecule has 1 heterocycles. The van der Waals surface area contributed by atoms with Crippen LogP contribution in [0.15, 0.2) is 60.7 Å². The zero-order valence-electron chi connectivity index (χ0n) is 20.8. The van der Waals surface area contributed by atoms with Gasteiger partial charge in [-0.1, -0.05) is 30.3 Å². The van der Waals surface area contributed by atoms with E-state index in [4.69, 9.17) is 9.84 Å². The molecule has 1 unspecified atom stereocenters. The highest BCUT2D eigenvalue weighted by molar-refractivity contribution is 5.71. The number of aryl methyl sites for hydroxylation is 2. The van der Waals surface area contributed by atoms with Gasteiger partial charge in [0.2, 0.25) is 0 Å². The van der Waals surface area contributed by atoms with E-state index >= 15 is 0 Å². The number of hydrogen-bond acceptors (Lipinski definition) is 3. The Morgan fingerprint density at radius 1 is 0.972 bits per heavy atom. The third-order valence-corrected chi connectivity index (χ3v) is 7.01. The zero-order valence-corrected chi connectivity index (χ0v) is 20.8. The summed E-state index contributed by atoms with van der Waals surface area (Å²) in [6.45, 7) is 6.56. The van der Waals surface area contributed by atoms with Crippen LogP contribution in [0.25, 0.3) is 0 Å². The van der Waals surface area contributed by atoms with Crippen LogP contribution in [0.2, 0.25) is 0 Å². The molecule has 190 valence electrons. The molecular weight excluding hydrogens is 460 g/mol. The van der Waals surface area contributed by atoms with Gasteiger partial charge in [-0.3, -0.25) is 9.69 Å². The molecule has 6 heteroatoms. The Morgan fingerprint density at radius 3 is 2.28 bits per heavy atom. The molecular formula is C30H33F2NO3. The van der Waals surface area contributed by atoms with Gasteiger partial charge >= 0.3 is 5.97 Å². The number of carboxylic acid groups (broad SMARTS) is 1. The molecule has 0 radical (unpaired) electrons. The molecule has 3 aromatic rings. The van der Waals surface area contributed by atoms with Gasteiger partial charge < -0.3 is 9.84 Å². The summed E-state index contributed by atoms with van der Waals surface area (Å²) in [7, 11) is 0. The Labute approximate surface area is 211 Å². The molecule has 1 aliphatic rings. The Balaban J connectivity index is 1.31. The smallest absolute Gasteiger partial charge is 0.309 e. The van der Waals surface area contributed by atoms with Crippen molar-refractivity contribution in [2.75, 3.05) is 19.7 Å². The Hall–Kier alpha value is -3.25. The van der Waals surface area contributed by atoms with Gasteiger partial charge in [-0.2, -0.15) is 0 Å². The van der Waals surface area contributed by atoms with E-state index in [1.165, 1.54) is 23.3 Å². The van der Waals surface area contributed by atoms with Gasteiger partial charge in [-0.05, 0) is 91.1 Å². The van der Waals surface area contributed by atoms with E-state index in [0.717, 1.165) is 42.3 Å². The van der Waals surface area contributed by atoms with Gasteiger partial charge in [0, 0.05) is 25.7 Å². The first kappa shape index (κ1) is 25.8. The highest BCUT2D eigenvalue weighted by atomic mass is 19.1. The van der Waals surface area contributed by atoms with Crippen LogP contribution in [0.1, 0.15) is 46.6 Å². The van der Waals surface area contributed by atoms with E-state index < -0.39 is 17.6 Å². The van der Waals surface area contributed by atoms with E-state index in [1.807, 2.05) is 24.3 Å². The Morgan fingerprint density at radius 2 is 1.64 bits per heavy atom. The standard InChI is InChI=1S/C30H33F2NO3/c1-20-5-6-23(12-21(20)2)13-24(25-14-27(31)16-28(32)15-25)4-3-11-36-29-9-7-22(8-10-29)17-33-18-26(19-33)30(34)35/h5-10,12,14-16,24,26H,3-4,11,13,17-19H2,1-2H3,(H,34,35). The second-order valence-electron chi connectivity index (χ2n) is 9.89. The van der Waals surface area contributed by atoms with Crippen LogP contribution in [0.4, 0.5) is 8.78 Å². The van der Waals surface area contributed by atoms with Crippen molar-refractivity contribution in [3.05, 3.63) is 100 Å². The van der Waals surface area contributed by atoms with E-state index in [2.05, 4.69) is 36.9 Å². The topological polar surface area (TPSA) is 49.8 Å². The summed E-state index contributed by atoms with van der Waals surface area (Å²) >= 11 is 0. The summed E-state index contributed by atoms with van der Waals surface area (Å²) in [6, 6.07) is 18.0. The number of rotatable bonds is 11. The van der Waals surface area contributed by atoms with Crippen LogP contribution >= 0.6 is 0 Å². The number of hydrogen-bond donors (Lipinski definition) is 1. The lowest BCUT2D eigenvalue weighted by atomic mass is 9.87. The molecule has 0 amide bonds. The van der Waals surface area contributed by atoms with Crippen molar-refractivity contribution < 1.29 is 23.4 Å². The van der Waals surface area contributed by atoms with Crippen molar-refractivity contribution in [1.29, 1.82) is 0 Å². The third-order valence-electron chi connectivity index (χ3n) is 7.01. The first-order valence-electron chi connectivity index (χ1n) is 12.5. The maximum atomic E-state index is 14.0. The van der Waals surface area contributed by atoms with Gasteiger partial charge in [0.25, 0.3) is 0 Å². The zero-order chi connectivity index (χ0) is 25.7. The molecule has 1 aliphatic heterocycles. The number of carbonyl (C=O) groups is 1. The van der Waals surface area contributed by atoms with E-state index in [0.29, 0.717) is 31.7 Å². The van der Waals surface area contributed by atoms with Crippen molar-refractivity contribution in [3.63, 3.8) is 0 Å². The van der Waals surface area contributed by atoms with Crippen molar-refractivity contribution in [3.8, 4) is 5.75 Å². The Bertz CT molecular complexity index is 1170. The fourth-order valence-electron chi connectivity index (χ4n) is 4.74. The number of benzene rings is 3. The van der Waals surface area contributed by atoms with E-state index in [-0.39, 0.29) is 11.8 Å². The fraction of sp³-hybridized carbons (Fsp3) is 0.367. The lowest BCUT2D eigenvalue weighted by Crippen LogP contribution is -2.49. The van der Waals surface area contributed by atoms with Crippen LogP contribution in [0.5, 0.6) is 5.75 Å². The number of halogens is 2. The third kappa shape index (κ3) is 6.91. The summed E-state index contributed by atoms with van der Waals surface area (Å²) in [5.41, 5.74) is 5.38. The summed E-state index contributed by atoms with van der Waals surface area (Å²) in [5.74, 6) is -1.34. The summed E-state index contributed by atoms with van der Waals surface area (Å²) in [5, 5.41) is 9.00. The predicted octanol–water partition coefficient (Wildman–Crippen LogP) is 6.28. The monoisotopic (exact) mass is 493 g/mol. The summed E-state index contributed by atoms with van der Waals surface area (Å²) in [4.78, 5) is 13.1. The molecule has 1 fully saturated rings. The maximum Gasteiger partial charge on any atom is 0.309 e. The quantitative estimate of drug-likeness (QED) is 0.319. The van der Waals surface area contributed by atoms with Gasteiger partial charge in [-0.15, -0.1) is 0 Å². The molecule has 0 spiro atoms. The first-order valence-corrected chi connectivity index (χ1v) is 12.5. The van der Waals surface area contributed by atoms with Crippen LogP contribution in [-0.4, -0.2) is 35.7 Å². The Kier molecular flexibility index (Phi) is 8.36. The van der Waals surface area contributed by atoms with Gasteiger partial charge in [0.15, 0.2) is 0 Å². The average Bonchev–Trinajstić information content (AvgIpc) is 2.80. The number of carboxylic acids is 1.